The summed E-state index contributed by atoms with van der Waals surface area (Å²) in [7, 11) is 0. The second-order valence-corrected chi connectivity index (χ2v) is 5.84. The van der Waals surface area contributed by atoms with Crippen molar-refractivity contribution in [3.05, 3.63) is 51.9 Å². The molecule has 0 unspecified atom stereocenters. The van der Waals surface area contributed by atoms with Gasteiger partial charge in [0.2, 0.25) is 0 Å². The lowest BCUT2D eigenvalue weighted by molar-refractivity contribution is 0.0947. The first-order chi connectivity index (χ1) is 9.69. The number of hydrogen-bond donors (Lipinski definition) is 2. The van der Waals surface area contributed by atoms with Gasteiger partial charge in [-0.25, -0.2) is 0 Å². The van der Waals surface area contributed by atoms with Crippen molar-refractivity contribution in [2.24, 2.45) is 5.73 Å². The van der Waals surface area contributed by atoms with E-state index in [1.54, 1.807) is 11.3 Å². The van der Waals surface area contributed by atoms with Gasteiger partial charge in [-0.3, -0.25) is 4.79 Å². The Kier molecular flexibility index (Phi) is 3.46. The van der Waals surface area contributed by atoms with E-state index >= 15 is 0 Å². The first-order valence-corrected chi connectivity index (χ1v) is 7.46. The predicted molar refractivity (Wildman–Crippen MR) is 81.9 cm³/mol. The monoisotopic (exact) mass is 287 g/mol. The Balaban J connectivity index is 1.88. The minimum absolute atomic E-state index is 0.0331. The molecule has 0 atom stereocenters. The summed E-state index contributed by atoms with van der Waals surface area (Å²) in [6, 6.07) is 8.27. The van der Waals surface area contributed by atoms with Crippen molar-refractivity contribution in [3.8, 4) is 0 Å². The van der Waals surface area contributed by atoms with Gasteiger partial charge < -0.3 is 16.0 Å². The number of rotatable bonds is 3. The fourth-order valence-corrected chi connectivity index (χ4v) is 3.53. The number of fused-ring (bicyclic) bond motifs is 1. The molecule has 1 amide bonds. The van der Waals surface area contributed by atoms with Crippen LogP contribution in [0.5, 0.6) is 0 Å². The van der Waals surface area contributed by atoms with E-state index < -0.39 is 0 Å². The Hall–Kier alpha value is -1.85. The van der Waals surface area contributed by atoms with E-state index in [2.05, 4.69) is 22.3 Å². The molecule has 3 N–H and O–H groups in total. The zero-order valence-corrected chi connectivity index (χ0v) is 12.2. The van der Waals surface area contributed by atoms with E-state index in [-0.39, 0.29) is 5.91 Å². The zero-order chi connectivity index (χ0) is 14.1. The minimum Gasteiger partial charge on any atom is -0.341 e. The lowest BCUT2D eigenvalue weighted by Crippen LogP contribution is -2.42. The van der Waals surface area contributed by atoms with Crippen molar-refractivity contribution in [1.82, 2.24) is 5.32 Å². The van der Waals surface area contributed by atoms with Crippen LogP contribution in [0.2, 0.25) is 0 Å². The van der Waals surface area contributed by atoms with Crippen molar-refractivity contribution in [2.75, 3.05) is 11.6 Å². The maximum Gasteiger partial charge on any atom is 0.255 e. The lowest BCUT2D eigenvalue weighted by atomic mass is 10.1. The van der Waals surface area contributed by atoms with Crippen LogP contribution in [0.1, 0.15) is 27.0 Å². The standard InChI is InChI=1S/C15H17N3OS/c1-10-8-20-15-13(10)14(19)17-9-18(15)7-12-4-2-3-11(5-12)6-16/h2-5,8H,6-7,9,16H2,1H3,(H,17,19). The van der Waals surface area contributed by atoms with Gasteiger partial charge in [-0.2, -0.15) is 0 Å². The molecule has 0 saturated carbocycles. The highest BCUT2D eigenvalue weighted by atomic mass is 32.1. The molecule has 0 bridgehead atoms. The fourth-order valence-electron chi connectivity index (χ4n) is 2.47. The number of anilines is 1. The van der Waals surface area contributed by atoms with Crippen LogP contribution in [0.3, 0.4) is 0 Å². The Morgan fingerprint density at radius 3 is 3.00 bits per heavy atom. The summed E-state index contributed by atoms with van der Waals surface area (Å²) < 4.78 is 0. The SMILES string of the molecule is Cc1csc2c1C(=O)NCN2Cc1cccc(CN)c1. The summed E-state index contributed by atoms with van der Waals surface area (Å²) in [5, 5.41) is 6.03. The maximum atomic E-state index is 11.9. The second kappa shape index (κ2) is 5.26. The molecule has 5 heteroatoms. The van der Waals surface area contributed by atoms with Gasteiger partial charge in [0, 0.05) is 13.1 Å². The molecule has 0 fully saturated rings. The Bertz CT molecular complexity index is 650. The number of thiophene rings is 1. The van der Waals surface area contributed by atoms with Crippen molar-refractivity contribution < 1.29 is 4.79 Å². The molecule has 1 aliphatic rings. The number of carbonyl (C=O) groups is 1. The van der Waals surface area contributed by atoms with E-state index in [1.165, 1.54) is 5.56 Å². The molecule has 0 spiro atoms. The number of aryl methyl sites for hydroxylation is 1. The Morgan fingerprint density at radius 2 is 2.20 bits per heavy atom. The number of hydrogen-bond acceptors (Lipinski definition) is 4. The van der Waals surface area contributed by atoms with Crippen LogP contribution in [-0.4, -0.2) is 12.6 Å². The topological polar surface area (TPSA) is 58.4 Å². The van der Waals surface area contributed by atoms with E-state index in [9.17, 15) is 4.79 Å². The summed E-state index contributed by atoms with van der Waals surface area (Å²) in [5.74, 6) is 0.0331. The van der Waals surface area contributed by atoms with Gasteiger partial charge in [0.15, 0.2) is 0 Å². The zero-order valence-electron chi connectivity index (χ0n) is 11.3. The maximum absolute atomic E-state index is 11.9. The minimum atomic E-state index is 0.0331. The molecule has 1 aromatic carbocycles. The van der Waals surface area contributed by atoms with Crippen LogP contribution in [-0.2, 0) is 13.1 Å². The van der Waals surface area contributed by atoms with Crippen molar-refractivity contribution in [1.29, 1.82) is 0 Å². The van der Waals surface area contributed by atoms with E-state index in [4.69, 9.17) is 5.73 Å². The van der Waals surface area contributed by atoms with Crippen LogP contribution in [0.15, 0.2) is 29.6 Å². The summed E-state index contributed by atoms with van der Waals surface area (Å²) in [5.41, 5.74) is 9.88. The second-order valence-electron chi connectivity index (χ2n) is 4.98. The third-order valence-corrected chi connectivity index (χ3v) is 4.66. The highest BCUT2D eigenvalue weighted by Crippen LogP contribution is 2.34. The molecular weight excluding hydrogens is 270 g/mol. The smallest absolute Gasteiger partial charge is 0.255 e. The van der Waals surface area contributed by atoms with Crippen LogP contribution >= 0.6 is 11.3 Å². The highest BCUT2D eigenvalue weighted by molar-refractivity contribution is 7.14. The van der Waals surface area contributed by atoms with Gasteiger partial charge in [-0.15, -0.1) is 11.3 Å². The molecule has 0 aliphatic carbocycles. The van der Waals surface area contributed by atoms with Gasteiger partial charge in [0.25, 0.3) is 5.91 Å². The van der Waals surface area contributed by atoms with Gasteiger partial charge in [-0.1, -0.05) is 24.3 Å². The predicted octanol–water partition coefficient (Wildman–Crippen LogP) is 2.22. The Morgan fingerprint density at radius 1 is 1.40 bits per heavy atom. The number of nitrogens with two attached hydrogens (primary N) is 1. The molecule has 4 nitrogen and oxygen atoms in total. The molecule has 2 heterocycles. The van der Waals surface area contributed by atoms with Crippen molar-refractivity contribution >= 4 is 22.2 Å². The van der Waals surface area contributed by atoms with E-state index in [0.29, 0.717) is 13.2 Å². The van der Waals surface area contributed by atoms with Gasteiger partial charge >= 0.3 is 0 Å². The quantitative estimate of drug-likeness (QED) is 0.910. The van der Waals surface area contributed by atoms with Crippen molar-refractivity contribution in [3.63, 3.8) is 0 Å². The number of amides is 1. The van der Waals surface area contributed by atoms with Crippen LogP contribution < -0.4 is 16.0 Å². The first-order valence-electron chi connectivity index (χ1n) is 6.58. The molecule has 20 heavy (non-hydrogen) atoms. The fraction of sp³-hybridized carbons (Fsp3) is 0.267. The molecule has 0 radical (unpaired) electrons. The number of nitrogens with zero attached hydrogens (tertiary/aromatic N) is 1. The summed E-state index contributed by atoms with van der Waals surface area (Å²) in [6.07, 6.45) is 0. The van der Waals surface area contributed by atoms with Crippen LogP contribution in [0, 0.1) is 6.92 Å². The number of carbonyl (C=O) groups excluding carboxylic acids is 1. The molecule has 0 saturated heterocycles. The largest absolute Gasteiger partial charge is 0.341 e. The summed E-state index contributed by atoms with van der Waals surface area (Å²) >= 11 is 1.63. The Labute approximate surface area is 122 Å². The van der Waals surface area contributed by atoms with Gasteiger partial charge in [0.05, 0.1) is 12.2 Å². The lowest BCUT2D eigenvalue weighted by Gasteiger charge is -2.29. The first kappa shape index (κ1) is 13.1. The van der Waals surface area contributed by atoms with Gasteiger partial charge in [0.1, 0.15) is 5.00 Å². The van der Waals surface area contributed by atoms with Crippen molar-refractivity contribution in [2.45, 2.75) is 20.0 Å². The molecule has 2 aromatic rings. The third kappa shape index (κ3) is 2.30. The number of nitrogens with one attached hydrogen (secondary N) is 1. The third-order valence-electron chi connectivity index (χ3n) is 3.50. The molecule has 104 valence electrons. The average Bonchev–Trinajstić information content (AvgIpc) is 2.85. The summed E-state index contributed by atoms with van der Waals surface area (Å²) in [4.78, 5) is 14.1. The molecular formula is C15H17N3OS. The summed E-state index contributed by atoms with van der Waals surface area (Å²) in [6.45, 7) is 3.86. The highest BCUT2D eigenvalue weighted by Gasteiger charge is 2.26. The molecule has 1 aromatic heterocycles. The van der Waals surface area contributed by atoms with Crippen LogP contribution in [0.25, 0.3) is 0 Å². The van der Waals surface area contributed by atoms with E-state index in [1.807, 2.05) is 24.4 Å². The van der Waals surface area contributed by atoms with Crippen LogP contribution in [0.4, 0.5) is 5.00 Å². The molecule has 1 aliphatic heterocycles. The van der Waals surface area contributed by atoms with E-state index in [0.717, 1.165) is 28.2 Å². The molecule has 3 rings (SSSR count). The van der Waals surface area contributed by atoms with Gasteiger partial charge in [-0.05, 0) is 29.0 Å². The average molecular weight is 287 g/mol. The normalized spacial score (nSPS) is 14.1. The number of benzene rings is 1.